The Hall–Kier alpha value is -2.24. The van der Waals surface area contributed by atoms with Crippen LogP contribution in [0.5, 0.6) is 5.75 Å². The normalized spacial score (nSPS) is 16.9. The third-order valence-corrected chi connectivity index (χ3v) is 4.50. The molecule has 2 rings (SSSR count). The van der Waals surface area contributed by atoms with E-state index in [0.29, 0.717) is 13.2 Å². The van der Waals surface area contributed by atoms with Crippen LogP contribution in [0.2, 0.25) is 0 Å². The molecule has 6 nitrogen and oxygen atoms in total. The van der Waals surface area contributed by atoms with Gasteiger partial charge in [-0.15, -0.1) is 0 Å². The molecule has 0 aliphatic carbocycles. The Kier molecular flexibility index (Phi) is 7.75. The van der Waals surface area contributed by atoms with Gasteiger partial charge in [0.25, 0.3) is 0 Å². The number of benzene rings is 1. The molecule has 1 fully saturated rings. The largest absolute Gasteiger partial charge is 0.489 e. The van der Waals surface area contributed by atoms with E-state index >= 15 is 0 Å². The Morgan fingerprint density at radius 3 is 2.73 bits per heavy atom. The van der Waals surface area contributed by atoms with Gasteiger partial charge < -0.3 is 19.7 Å². The third kappa shape index (κ3) is 5.93. The SMILES string of the molecule is CCOC(=O)C1CCN(C(=NC)NCC(C)Oc2cccc(C)c2)CC1. The standard InChI is InChI=1S/C20H31N3O3/c1-5-25-19(24)17-9-11-23(12-10-17)20(21-4)22-14-16(3)26-18-8-6-7-15(2)13-18/h6-8,13,16-17H,5,9-12,14H2,1-4H3,(H,21,22). The quantitative estimate of drug-likeness (QED) is 0.479. The van der Waals surface area contributed by atoms with Gasteiger partial charge in [-0.25, -0.2) is 0 Å². The van der Waals surface area contributed by atoms with Crippen LogP contribution in [-0.2, 0) is 9.53 Å². The van der Waals surface area contributed by atoms with E-state index in [-0.39, 0.29) is 18.0 Å². The van der Waals surface area contributed by atoms with Crippen LogP contribution in [0.4, 0.5) is 0 Å². The average Bonchev–Trinajstić information content (AvgIpc) is 2.63. The smallest absolute Gasteiger partial charge is 0.309 e. The molecule has 1 aromatic rings. The second-order valence-electron chi connectivity index (χ2n) is 6.69. The van der Waals surface area contributed by atoms with Crippen molar-refractivity contribution in [2.75, 3.05) is 33.3 Å². The minimum atomic E-state index is -0.0738. The number of ether oxygens (including phenoxy) is 2. The van der Waals surface area contributed by atoms with Gasteiger partial charge in [0.15, 0.2) is 5.96 Å². The molecule has 1 aromatic carbocycles. The summed E-state index contributed by atoms with van der Waals surface area (Å²) in [4.78, 5) is 18.4. The van der Waals surface area contributed by atoms with Crippen LogP contribution < -0.4 is 10.1 Å². The summed E-state index contributed by atoms with van der Waals surface area (Å²) in [6.45, 7) is 8.65. The van der Waals surface area contributed by atoms with Gasteiger partial charge in [-0.3, -0.25) is 9.79 Å². The van der Waals surface area contributed by atoms with Gasteiger partial charge in [0.2, 0.25) is 0 Å². The van der Waals surface area contributed by atoms with Gasteiger partial charge in [0.1, 0.15) is 11.9 Å². The van der Waals surface area contributed by atoms with E-state index in [1.54, 1.807) is 7.05 Å². The van der Waals surface area contributed by atoms with Gasteiger partial charge in [0, 0.05) is 20.1 Å². The molecule has 0 radical (unpaired) electrons. The molecular formula is C20H31N3O3. The van der Waals surface area contributed by atoms with Crippen LogP contribution in [-0.4, -0.2) is 56.2 Å². The molecule has 0 aromatic heterocycles. The highest BCUT2D eigenvalue weighted by Gasteiger charge is 2.27. The molecule has 1 N–H and O–H groups in total. The Morgan fingerprint density at radius 1 is 1.38 bits per heavy atom. The summed E-state index contributed by atoms with van der Waals surface area (Å²) in [5, 5.41) is 3.38. The van der Waals surface area contributed by atoms with E-state index in [1.165, 1.54) is 5.56 Å². The fourth-order valence-corrected chi connectivity index (χ4v) is 3.12. The zero-order chi connectivity index (χ0) is 18.9. The maximum Gasteiger partial charge on any atom is 0.309 e. The van der Waals surface area contributed by atoms with E-state index in [9.17, 15) is 4.79 Å². The second-order valence-corrected chi connectivity index (χ2v) is 6.69. The lowest BCUT2D eigenvalue weighted by atomic mass is 9.97. The number of piperidine rings is 1. The Labute approximate surface area is 156 Å². The second kappa shape index (κ2) is 10.0. The van der Waals surface area contributed by atoms with Crippen LogP contribution in [0, 0.1) is 12.8 Å². The summed E-state index contributed by atoms with van der Waals surface area (Å²) >= 11 is 0. The zero-order valence-electron chi connectivity index (χ0n) is 16.3. The van der Waals surface area contributed by atoms with Crippen molar-refractivity contribution >= 4 is 11.9 Å². The number of nitrogens with one attached hydrogen (secondary N) is 1. The Bertz CT molecular complexity index is 610. The van der Waals surface area contributed by atoms with Crippen molar-refractivity contribution in [3.63, 3.8) is 0 Å². The summed E-state index contributed by atoms with van der Waals surface area (Å²) in [5.74, 6) is 1.67. The summed E-state index contributed by atoms with van der Waals surface area (Å²) in [7, 11) is 1.78. The number of esters is 1. The Balaban J connectivity index is 1.78. The molecule has 0 amide bonds. The minimum absolute atomic E-state index is 0.00730. The maximum atomic E-state index is 11.9. The number of hydrogen-bond donors (Lipinski definition) is 1. The van der Waals surface area contributed by atoms with Crippen molar-refractivity contribution in [3.8, 4) is 5.75 Å². The van der Waals surface area contributed by atoms with E-state index in [0.717, 1.165) is 37.6 Å². The molecule has 26 heavy (non-hydrogen) atoms. The number of carbonyl (C=O) groups excluding carboxylic acids is 1. The molecular weight excluding hydrogens is 330 g/mol. The van der Waals surface area contributed by atoms with E-state index in [2.05, 4.69) is 28.2 Å². The fourth-order valence-electron chi connectivity index (χ4n) is 3.12. The third-order valence-electron chi connectivity index (χ3n) is 4.50. The highest BCUT2D eigenvalue weighted by Crippen LogP contribution is 2.19. The number of guanidine groups is 1. The highest BCUT2D eigenvalue weighted by molar-refractivity contribution is 5.80. The predicted molar refractivity (Wildman–Crippen MR) is 104 cm³/mol. The van der Waals surface area contributed by atoms with Crippen LogP contribution in [0.3, 0.4) is 0 Å². The first-order valence-electron chi connectivity index (χ1n) is 9.39. The monoisotopic (exact) mass is 361 g/mol. The van der Waals surface area contributed by atoms with Crippen molar-refractivity contribution < 1.29 is 14.3 Å². The molecule has 0 spiro atoms. The van der Waals surface area contributed by atoms with Gasteiger partial charge in [-0.05, 0) is 51.3 Å². The molecule has 1 aliphatic heterocycles. The van der Waals surface area contributed by atoms with Gasteiger partial charge in [0.05, 0.1) is 19.1 Å². The number of aliphatic imine (C=N–C) groups is 1. The fraction of sp³-hybridized carbons (Fsp3) is 0.600. The number of aryl methyl sites for hydroxylation is 1. The van der Waals surface area contributed by atoms with E-state index in [1.807, 2.05) is 32.0 Å². The first-order chi connectivity index (χ1) is 12.5. The lowest BCUT2D eigenvalue weighted by Crippen LogP contribution is -2.48. The maximum absolute atomic E-state index is 11.9. The van der Waals surface area contributed by atoms with Crippen LogP contribution in [0.25, 0.3) is 0 Å². The molecule has 1 unspecified atom stereocenters. The number of hydrogen-bond acceptors (Lipinski definition) is 4. The van der Waals surface area contributed by atoms with Gasteiger partial charge >= 0.3 is 5.97 Å². The summed E-state index contributed by atoms with van der Waals surface area (Å²) < 4.78 is 11.1. The lowest BCUT2D eigenvalue weighted by Gasteiger charge is -2.33. The lowest BCUT2D eigenvalue weighted by molar-refractivity contribution is -0.149. The summed E-state index contributed by atoms with van der Waals surface area (Å²) in [6, 6.07) is 8.05. The van der Waals surface area contributed by atoms with Crippen molar-refractivity contribution in [3.05, 3.63) is 29.8 Å². The average molecular weight is 361 g/mol. The van der Waals surface area contributed by atoms with Crippen molar-refractivity contribution in [1.82, 2.24) is 10.2 Å². The molecule has 1 heterocycles. The van der Waals surface area contributed by atoms with Crippen molar-refractivity contribution in [2.24, 2.45) is 10.9 Å². The first-order valence-corrected chi connectivity index (χ1v) is 9.39. The van der Waals surface area contributed by atoms with E-state index in [4.69, 9.17) is 9.47 Å². The van der Waals surface area contributed by atoms with E-state index < -0.39 is 0 Å². The van der Waals surface area contributed by atoms with Crippen LogP contribution >= 0.6 is 0 Å². The summed E-state index contributed by atoms with van der Waals surface area (Å²) in [5.41, 5.74) is 1.18. The van der Waals surface area contributed by atoms with Crippen molar-refractivity contribution in [1.29, 1.82) is 0 Å². The highest BCUT2D eigenvalue weighted by atomic mass is 16.5. The zero-order valence-corrected chi connectivity index (χ0v) is 16.3. The molecule has 6 heteroatoms. The Morgan fingerprint density at radius 2 is 2.12 bits per heavy atom. The molecule has 1 atom stereocenters. The van der Waals surface area contributed by atoms with Gasteiger partial charge in [-0.2, -0.15) is 0 Å². The van der Waals surface area contributed by atoms with Crippen LogP contribution in [0.1, 0.15) is 32.3 Å². The number of likely N-dealkylation sites (tertiary alicyclic amines) is 1. The van der Waals surface area contributed by atoms with Crippen LogP contribution in [0.15, 0.2) is 29.3 Å². The predicted octanol–water partition coefficient (Wildman–Crippen LogP) is 2.61. The number of nitrogens with zero attached hydrogens (tertiary/aromatic N) is 2. The topological polar surface area (TPSA) is 63.2 Å². The molecule has 1 saturated heterocycles. The first kappa shape index (κ1) is 20.1. The van der Waals surface area contributed by atoms with Crippen molar-refractivity contribution in [2.45, 2.75) is 39.7 Å². The molecule has 144 valence electrons. The molecule has 0 bridgehead atoms. The molecule has 1 aliphatic rings. The number of carbonyl (C=O) groups is 1. The summed E-state index contributed by atoms with van der Waals surface area (Å²) in [6.07, 6.45) is 1.62. The molecule has 0 saturated carbocycles. The number of rotatable bonds is 6. The van der Waals surface area contributed by atoms with Gasteiger partial charge in [-0.1, -0.05) is 12.1 Å². The minimum Gasteiger partial charge on any atom is -0.489 e.